The summed E-state index contributed by atoms with van der Waals surface area (Å²) in [6.07, 6.45) is 5.47. The van der Waals surface area contributed by atoms with Crippen molar-refractivity contribution in [2.75, 3.05) is 5.75 Å². The van der Waals surface area contributed by atoms with E-state index in [9.17, 15) is 0 Å². The van der Waals surface area contributed by atoms with Gasteiger partial charge >= 0.3 is 0 Å². The second-order valence-corrected chi connectivity index (χ2v) is 5.58. The molecule has 0 amide bonds. The van der Waals surface area contributed by atoms with Gasteiger partial charge in [-0.1, -0.05) is 12.8 Å². The van der Waals surface area contributed by atoms with Crippen LogP contribution in [-0.2, 0) is 0 Å². The van der Waals surface area contributed by atoms with Crippen LogP contribution in [0.25, 0.3) is 0 Å². The van der Waals surface area contributed by atoms with Crippen LogP contribution in [0.3, 0.4) is 0 Å². The van der Waals surface area contributed by atoms with Crippen LogP contribution in [0.4, 0.5) is 0 Å². The zero-order valence-corrected chi connectivity index (χ0v) is 9.94. The van der Waals surface area contributed by atoms with Crippen molar-refractivity contribution in [3.05, 3.63) is 0 Å². The zero-order valence-electron chi connectivity index (χ0n) is 9.12. The lowest BCUT2D eigenvalue weighted by Gasteiger charge is -2.16. The third-order valence-electron chi connectivity index (χ3n) is 2.49. The van der Waals surface area contributed by atoms with Crippen molar-refractivity contribution in [1.29, 1.82) is 5.26 Å². The van der Waals surface area contributed by atoms with Gasteiger partial charge in [-0.05, 0) is 26.7 Å². The third-order valence-corrected chi connectivity index (χ3v) is 3.96. The fourth-order valence-electron chi connectivity index (χ4n) is 1.81. The molecule has 2 nitrogen and oxygen atoms in total. The van der Waals surface area contributed by atoms with Crippen LogP contribution in [0.5, 0.6) is 0 Å². The van der Waals surface area contributed by atoms with Gasteiger partial charge in [-0.25, -0.2) is 0 Å². The van der Waals surface area contributed by atoms with Crippen LogP contribution < -0.4 is 5.32 Å². The standard InChI is InChI=1S/C11H20N2S/c1-9(2)13-10(7-12)8-14-11-5-3-4-6-11/h9-11,13H,3-6,8H2,1-2H3. The van der Waals surface area contributed by atoms with E-state index >= 15 is 0 Å². The Morgan fingerprint density at radius 2 is 2.07 bits per heavy atom. The molecule has 0 aromatic rings. The summed E-state index contributed by atoms with van der Waals surface area (Å²) in [7, 11) is 0. The summed E-state index contributed by atoms with van der Waals surface area (Å²) in [5, 5.41) is 13.0. The molecule has 1 atom stereocenters. The lowest BCUT2D eigenvalue weighted by atomic mass is 10.3. The quantitative estimate of drug-likeness (QED) is 0.761. The van der Waals surface area contributed by atoms with Gasteiger partial charge in [-0.2, -0.15) is 17.0 Å². The molecule has 0 radical (unpaired) electrons. The Morgan fingerprint density at radius 1 is 1.43 bits per heavy atom. The Kier molecular flexibility index (Phi) is 5.36. The maximum Gasteiger partial charge on any atom is 0.105 e. The summed E-state index contributed by atoms with van der Waals surface area (Å²) in [4.78, 5) is 0. The van der Waals surface area contributed by atoms with Crippen LogP contribution in [0.1, 0.15) is 39.5 Å². The predicted octanol–water partition coefficient (Wildman–Crippen LogP) is 2.55. The number of nitriles is 1. The van der Waals surface area contributed by atoms with Crippen LogP contribution in [-0.4, -0.2) is 23.1 Å². The maximum absolute atomic E-state index is 8.92. The van der Waals surface area contributed by atoms with Crippen molar-refractivity contribution in [2.24, 2.45) is 0 Å². The SMILES string of the molecule is CC(C)NC(C#N)CSC1CCCC1. The first-order chi connectivity index (χ1) is 6.72. The van der Waals surface area contributed by atoms with Crippen molar-refractivity contribution in [1.82, 2.24) is 5.32 Å². The molecule has 1 unspecified atom stereocenters. The Balaban J connectivity index is 2.17. The van der Waals surface area contributed by atoms with E-state index in [4.69, 9.17) is 5.26 Å². The third kappa shape index (κ3) is 4.34. The van der Waals surface area contributed by atoms with E-state index in [0.717, 1.165) is 11.0 Å². The van der Waals surface area contributed by atoms with Crippen LogP contribution in [0.2, 0.25) is 0 Å². The maximum atomic E-state index is 8.92. The van der Waals surface area contributed by atoms with E-state index < -0.39 is 0 Å². The van der Waals surface area contributed by atoms with Gasteiger partial charge < -0.3 is 0 Å². The zero-order chi connectivity index (χ0) is 10.4. The molecule has 0 spiro atoms. The lowest BCUT2D eigenvalue weighted by molar-refractivity contribution is 0.560. The second-order valence-electron chi connectivity index (χ2n) is 4.24. The predicted molar refractivity (Wildman–Crippen MR) is 62.4 cm³/mol. The van der Waals surface area contributed by atoms with E-state index in [1.54, 1.807) is 0 Å². The molecule has 1 fully saturated rings. The summed E-state index contributed by atoms with van der Waals surface area (Å²) in [5.74, 6) is 0.944. The van der Waals surface area contributed by atoms with Crippen molar-refractivity contribution in [3.63, 3.8) is 0 Å². The fraction of sp³-hybridized carbons (Fsp3) is 0.909. The van der Waals surface area contributed by atoms with Gasteiger partial charge in [0.2, 0.25) is 0 Å². The normalized spacial score (nSPS) is 19.9. The summed E-state index contributed by atoms with van der Waals surface area (Å²) < 4.78 is 0. The summed E-state index contributed by atoms with van der Waals surface area (Å²) in [6, 6.07) is 2.76. The number of hydrogen-bond acceptors (Lipinski definition) is 3. The molecule has 14 heavy (non-hydrogen) atoms. The molecule has 1 N–H and O–H groups in total. The summed E-state index contributed by atoms with van der Waals surface area (Å²) >= 11 is 1.97. The largest absolute Gasteiger partial charge is 0.299 e. The van der Waals surface area contributed by atoms with Crippen LogP contribution in [0, 0.1) is 11.3 Å². The molecular formula is C11H20N2S. The van der Waals surface area contributed by atoms with Gasteiger partial charge in [0, 0.05) is 17.0 Å². The van der Waals surface area contributed by atoms with Gasteiger partial charge in [0.25, 0.3) is 0 Å². The van der Waals surface area contributed by atoms with Gasteiger partial charge in [0.1, 0.15) is 6.04 Å². The first kappa shape index (κ1) is 11.9. The summed E-state index contributed by atoms with van der Waals surface area (Å²) in [6.45, 7) is 4.18. The van der Waals surface area contributed by atoms with Crippen LogP contribution in [0.15, 0.2) is 0 Å². The number of nitrogens with one attached hydrogen (secondary N) is 1. The molecule has 0 aliphatic heterocycles. The van der Waals surface area contributed by atoms with Crippen LogP contribution >= 0.6 is 11.8 Å². The van der Waals surface area contributed by atoms with Crippen molar-refractivity contribution in [3.8, 4) is 6.07 Å². The lowest BCUT2D eigenvalue weighted by Crippen LogP contribution is -2.35. The van der Waals surface area contributed by atoms with E-state index in [1.807, 2.05) is 11.8 Å². The first-order valence-corrected chi connectivity index (χ1v) is 6.54. The average Bonchev–Trinajstić information content (AvgIpc) is 2.64. The highest BCUT2D eigenvalue weighted by atomic mass is 32.2. The van der Waals surface area contributed by atoms with Gasteiger partial charge in [0.15, 0.2) is 0 Å². The topological polar surface area (TPSA) is 35.8 Å². The van der Waals surface area contributed by atoms with E-state index in [0.29, 0.717) is 6.04 Å². The minimum Gasteiger partial charge on any atom is -0.299 e. The minimum absolute atomic E-state index is 0.0283. The van der Waals surface area contributed by atoms with E-state index in [-0.39, 0.29) is 6.04 Å². The molecule has 3 heteroatoms. The minimum atomic E-state index is 0.0283. The monoisotopic (exact) mass is 212 g/mol. The molecule has 0 saturated heterocycles. The molecule has 1 saturated carbocycles. The van der Waals surface area contributed by atoms with Crippen molar-refractivity contribution in [2.45, 2.75) is 56.9 Å². The molecule has 1 rings (SSSR count). The van der Waals surface area contributed by atoms with E-state index in [1.165, 1.54) is 25.7 Å². The van der Waals surface area contributed by atoms with E-state index in [2.05, 4.69) is 25.2 Å². The molecule has 1 aliphatic rings. The van der Waals surface area contributed by atoms with Gasteiger partial charge in [0.05, 0.1) is 6.07 Å². The molecule has 80 valence electrons. The molecule has 0 aromatic heterocycles. The highest BCUT2D eigenvalue weighted by Crippen LogP contribution is 2.29. The Hall–Kier alpha value is -0.200. The number of hydrogen-bond donors (Lipinski definition) is 1. The molecule has 1 aliphatic carbocycles. The van der Waals surface area contributed by atoms with Crippen molar-refractivity contribution < 1.29 is 0 Å². The van der Waals surface area contributed by atoms with Gasteiger partial charge in [-0.15, -0.1) is 0 Å². The highest BCUT2D eigenvalue weighted by molar-refractivity contribution is 7.99. The number of thioether (sulfide) groups is 1. The highest BCUT2D eigenvalue weighted by Gasteiger charge is 2.17. The molecular weight excluding hydrogens is 192 g/mol. The molecule has 0 heterocycles. The average molecular weight is 212 g/mol. The first-order valence-electron chi connectivity index (χ1n) is 5.49. The molecule has 0 bridgehead atoms. The Bertz CT molecular complexity index is 192. The Labute approximate surface area is 91.4 Å². The molecule has 0 aromatic carbocycles. The summed E-state index contributed by atoms with van der Waals surface area (Å²) in [5.41, 5.74) is 0. The fourth-order valence-corrected chi connectivity index (χ4v) is 3.11. The smallest absolute Gasteiger partial charge is 0.105 e. The number of rotatable bonds is 5. The second kappa shape index (κ2) is 6.31. The van der Waals surface area contributed by atoms with Crippen molar-refractivity contribution >= 4 is 11.8 Å². The Morgan fingerprint density at radius 3 is 2.57 bits per heavy atom. The number of nitrogens with zero attached hydrogens (tertiary/aromatic N) is 1. The van der Waals surface area contributed by atoms with Gasteiger partial charge in [-0.3, -0.25) is 5.32 Å².